The summed E-state index contributed by atoms with van der Waals surface area (Å²) in [6.07, 6.45) is 0.515. The molecule has 0 aliphatic rings. The third-order valence-corrected chi connectivity index (χ3v) is 1.40. The van der Waals surface area contributed by atoms with Gasteiger partial charge in [-0.1, -0.05) is 17.2 Å². The molecule has 9 heavy (non-hydrogen) atoms. The van der Waals surface area contributed by atoms with Gasteiger partial charge in [0, 0.05) is 0 Å². The van der Waals surface area contributed by atoms with E-state index in [1.165, 1.54) is 0 Å². The van der Waals surface area contributed by atoms with E-state index in [1.54, 1.807) is 6.92 Å². The molecule has 0 spiro atoms. The molecular weight excluding hydrogens is 188 g/mol. The van der Waals surface area contributed by atoms with Crippen LogP contribution in [0.25, 0.3) is 0 Å². The van der Waals surface area contributed by atoms with E-state index in [2.05, 4.69) is 26.2 Å². The Balaban J connectivity index is 4.14. The largest absolute Gasteiger partial charge is 0.411 e. The van der Waals surface area contributed by atoms with Crippen molar-refractivity contribution in [2.24, 2.45) is 10.3 Å². The van der Waals surface area contributed by atoms with E-state index in [9.17, 15) is 0 Å². The van der Waals surface area contributed by atoms with Gasteiger partial charge in [-0.2, -0.15) is 0 Å². The number of oxime groups is 2. The van der Waals surface area contributed by atoms with Crippen molar-refractivity contribution in [1.29, 1.82) is 0 Å². The topological polar surface area (TPSA) is 65.2 Å². The van der Waals surface area contributed by atoms with Gasteiger partial charge in [-0.25, -0.2) is 0 Å². The van der Waals surface area contributed by atoms with Gasteiger partial charge in [0.25, 0.3) is 0 Å². The zero-order valence-corrected chi connectivity index (χ0v) is 6.46. The summed E-state index contributed by atoms with van der Waals surface area (Å²) in [5.74, 6) is 0. The van der Waals surface area contributed by atoms with Gasteiger partial charge in [0.2, 0.25) is 0 Å². The summed E-state index contributed by atoms with van der Waals surface area (Å²) in [6.45, 7) is 1.78. The third-order valence-electron chi connectivity index (χ3n) is 0.782. The van der Waals surface area contributed by atoms with Crippen molar-refractivity contribution < 1.29 is 10.4 Å². The lowest BCUT2D eigenvalue weighted by atomic mass is 10.3. The smallest absolute Gasteiger partial charge is 0.169 e. The molecule has 4 nitrogen and oxygen atoms in total. The highest BCUT2D eigenvalue weighted by Crippen LogP contribution is 1.96. The van der Waals surface area contributed by atoms with Gasteiger partial charge in [0.15, 0.2) is 4.62 Å². The fourth-order valence-corrected chi connectivity index (χ4v) is 0.675. The molecule has 0 amide bonds. The van der Waals surface area contributed by atoms with Gasteiger partial charge in [0.1, 0.15) is 5.71 Å². The zero-order chi connectivity index (χ0) is 7.28. The molecule has 0 aliphatic carbocycles. The lowest BCUT2D eigenvalue weighted by Crippen LogP contribution is -2.05. The predicted octanol–water partition coefficient (Wildman–Crippen LogP) is 1.41. The summed E-state index contributed by atoms with van der Waals surface area (Å²) < 4.78 is 0.160. The highest BCUT2D eigenvalue weighted by Gasteiger charge is 2.02. The monoisotopic (exact) mass is 194 g/mol. The summed E-state index contributed by atoms with van der Waals surface area (Å²) >= 11 is 2.87. The maximum absolute atomic E-state index is 8.19. The first kappa shape index (κ1) is 8.42. The fourth-order valence-electron chi connectivity index (χ4n) is 0.316. The highest BCUT2D eigenvalue weighted by molar-refractivity contribution is 9.19. The first-order chi connectivity index (χ1) is 4.26. The Bertz CT molecular complexity index is 144. The van der Waals surface area contributed by atoms with E-state index in [0.29, 0.717) is 12.1 Å². The van der Waals surface area contributed by atoms with Crippen LogP contribution in [0.4, 0.5) is 0 Å². The molecule has 0 atom stereocenters. The van der Waals surface area contributed by atoms with E-state index in [1.807, 2.05) is 0 Å². The van der Waals surface area contributed by atoms with E-state index in [0.717, 1.165) is 0 Å². The summed E-state index contributed by atoms with van der Waals surface area (Å²) in [7, 11) is 0. The third kappa shape index (κ3) is 2.46. The van der Waals surface area contributed by atoms with Gasteiger partial charge in [-0.15, -0.1) is 0 Å². The molecule has 52 valence electrons. The van der Waals surface area contributed by atoms with Crippen LogP contribution >= 0.6 is 15.9 Å². The van der Waals surface area contributed by atoms with Crippen molar-refractivity contribution in [3.05, 3.63) is 0 Å². The van der Waals surface area contributed by atoms with Gasteiger partial charge in [0.05, 0.1) is 0 Å². The van der Waals surface area contributed by atoms with Crippen LogP contribution in [0.1, 0.15) is 13.3 Å². The van der Waals surface area contributed by atoms with E-state index in [-0.39, 0.29) is 4.62 Å². The van der Waals surface area contributed by atoms with Crippen LogP contribution in [0, 0.1) is 0 Å². The lowest BCUT2D eigenvalue weighted by Gasteiger charge is -1.92. The number of rotatable bonds is 2. The molecule has 0 rings (SSSR count). The van der Waals surface area contributed by atoms with Crippen molar-refractivity contribution in [2.45, 2.75) is 13.3 Å². The summed E-state index contributed by atoms with van der Waals surface area (Å²) in [4.78, 5) is 0. The van der Waals surface area contributed by atoms with Gasteiger partial charge >= 0.3 is 0 Å². The summed E-state index contributed by atoms with van der Waals surface area (Å²) in [5.41, 5.74) is 0.317. The Morgan fingerprint density at radius 3 is 2.11 bits per heavy atom. The molecule has 5 heteroatoms. The second kappa shape index (κ2) is 4.31. The zero-order valence-electron chi connectivity index (χ0n) is 4.87. The normalized spacial score (nSPS) is 14.0. The molecule has 2 N–H and O–H groups in total. The molecule has 0 aromatic heterocycles. The Labute approximate surface area is 61.0 Å². The second-order valence-corrected chi connectivity index (χ2v) is 2.04. The minimum atomic E-state index is 0.160. The van der Waals surface area contributed by atoms with Crippen molar-refractivity contribution >= 4 is 26.3 Å². The molecule has 0 unspecified atom stereocenters. The van der Waals surface area contributed by atoms with Crippen LogP contribution in [0.15, 0.2) is 10.3 Å². The molecular formula is C4H7BrN2O2. The molecule has 0 aromatic rings. The van der Waals surface area contributed by atoms with Gasteiger partial charge in [-0.05, 0) is 22.4 Å². The van der Waals surface area contributed by atoms with Crippen LogP contribution in [0.5, 0.6) is 0 Å². The van der Waals surface area contributed by atoms with Crippen LogP contribution < -0.4 is 0 Å². The molecule has 0 heterocycles. The average Bonchev–Trinajstić information content (AvgIpc) is 1.90. The molecule has 0 aromatic carbocycles. The first-order valence-corrected chi connectivity index (χ1v) is 3.14. The minimum Gasteiger partial charge on any atom is -0.411 e. The number of hydrogen-bond donors (Lipinski definition) is 2. The average molecular weight is 195 g/mol. The van der Waals surface area contributed by atoms with Crippen LogP contribution in [0.3, 0.4) is 0 Å². The van der Waals surface area contributed by atoms with Crippen molar-refractivity contribution in [3.8, 4) is 0 Å². The maximum Gasteiger partial charge on any atom is 0.169 e. The number of halogens is 1. The standard InChI is InChI=1S/C4H7BrN2O2/c1-2-3(6-8)4(5)7-9/h8-9H,2H2,1H3/b6-3-,7-4+. The van der Waals surface area contributed by atoms with E-state index < -0.39 is 0 Å². The Morgan fingerprint density at radius 1 is 1.44 bits per heavy atom. The molecule has 0 bridgehead atoms. The Hall–Kier alpha value is -0.580. The molecule has 0 aliphatic heterocycles. The summed E-state index contributed by atoms with van der Waals surface area (Å²) in [6, 6.07) is 0. The van der Waals surface area contributed by atoms with Gasteiger partial charge in [-0.3, -0.25) is 0 Å². The Kier molecular flexibility index (Phi) is 4.04. The number of nitrogens with zero attached hydrogens (tertiary/aromatic N) is 2. The van der Waals surface area contributed by atoms with Crippen LogP contribution in [0.2, 0.25) is 0 Å². The van der Waals surface area contributed by atoms with Gasteiger partial charge < -0.3 is 10.4 Å². The molecule has 0 saturated carbocycles. The van der Waals surface area contributed by atoms with E-state index in [4.69, 9.17) is 10.4 Å². The lowest BCUT2D eigenvalue weighted by molar-refractivity contribution is 0.314. The SMILES string of the molecule is CCC(=N/O)/C(Br)=N\O. The van der Waals surface area contributed by atoms with Crippen LogP contribution in [-0.2, 0) is 0 Å². The number of hydrogen-bond acceptors (Lipinski definition) is 4. The molecule has 0 fully saturated rings. The molecule has 0 radical (unpaired) electrons. The van der Waals surface area contributed by atoms with Crippen LogP contribution in [-0.4, -0.2) is 20.7 Å². The van der Waals surface area contributed by atoms with Crippen molar-refractivity contribution in [1.82, 2.24) is 0 Å². The minimum absolute atomic E-state index is 0.160. The molecule has 0 saturated heterocycles. The van der Waals surface area contributed by atoms with Crippen molar-refractivity contribution in [2.75, 3.05) is 0 Å². The van der Waals surface area contributed by atoms with Crippen molar-refractivity contribution in [3.63, 3.8) is 0 Å². The summed E-state index contributed by atoms with van der Waals surface area (Å²) in [5, 5.41) is 21.9. The van der Waals surface area contributed by atoms with E-state index >= 15 is 0 Å². The Morgan fingerprint density at radius 2 is 2.00 bits per heavy atom. The highest BCUT2D eigenvalue weighted by atomic mass is 79.9. The maximum atomic E-state index is 8.19. The predicted molar refractivity (Wildman–Crippen MR) is 37.7 cm³/mol. The quantitative estimate of drug-likeness (QED) is 0.397. The fraction of sp³-hybridized carbons (Fsp3) is 0.500. The first-order valence-electron chi connectivity index (χ1n) is 2.35. The second-order valence-electron chi connectivity index (χ2n) is 1.29.